The zero-order valence-electron chi connectivity index (χ0n) is 24.5. The fourth-order valence-corrected chi connectivity index (χ4v) is 4.55. The highest BCUT2D eigenvalue weighted by atomic mass is 16.5. The van der Waals surface area contributed by atoms with Crippen molar-refractivity contribution in [3.05, 3.63) is 53.9 Å². The Bertz CT molecular complexity index is 979. The van der Waals surface area contributed by atoms with Gasteiger partial charge in [0.25, 0.3) is 0 Å². The van der Waals surface area contributed by atoms with Crippen LogP contribution in [0.3, 0.4) is 0 Å². The van der Waals surface area contributed by atoms with Gasteiger partial charge in [0.1, 0.15) is 5.75 Å². The molecule has 0 radical (unpaired) electrons. The normalized spacial score (nSPS) is 11.4. The van der Waals surface area contributed by atoms with Crippen molar-refractivity contribution in [1.82, 2.24) is 14.4 Å². The lowest BCUT2D eigenvalue weighted by Gasteiger charge is -2.37. The third-order valence-corrected chi connectivity index (χ3v) is 6.79. The molecule has 0 bridgehead atoms. The molecule has 2 aromatic rings. The quantitative estimate of drug-likeness (QED) is 0.240. The molecule has 38 heavy (non-hydrogen) atoms. The number of hydrogen-bond acceptors (Lipinski definition) is 4. The highest BCUT2D eigenvalue weighted by Crippen LogP contribution is 2.21. The van der Waals surface area contributed by atoms with E-state index in [-0.39, 0.29) is 18.4 Å². The second-order valence-corrected chi connectivity index (χ2v) is 11.0. The van der Waals surface area contributed by atoms with Gasteiger partial charge in [0.05, 0.1) is 20.2 Å². The Hall–Kier alpha value is -2.80. The van der Waals surface area contributed by atoms with Crippen LogP contribution >= 0.6 is 0 Å². The molecule has 0 unspecified atom stereocenters. The summed E-state index contributed by atoms with van der Waals surface area (Å²) in [5, 5.41) is 0. The zero-order valence-corrected chi connectivity index (χ0v) is 24.5. The van der Waals surface area contributed by atoms with Gasteiger partial charge in [-0.15, -0.1) is 0 Å². The van der Waals surface area contributed by atoms with Crippen LogP contribution in [0.25, 0.3) is 0 Å². The van der Waals surface area contributed by atoms with E-state index in [9.17, 15) is 9.59 Å². The molecule has 0 aliphatic rings. The first-order valence-corrected chi connectivity index (χ1v) is 14.0. The minimum absolute atomic E-state index is 0.0385. The number of unbranched alkanes of at least 4 members (excludes halogenated alkanes) is 4. The molecule has 1 heterocycles. The number of rotatable bonds is 17. The minimum atomic E-state index is -0.399. The van der Waals surface area contributed by atoms with E-state index in [1.54, 1.807) is 19.1 Å². The first-order chi connectivity index (χ1) is 18.2. The van der Waals surface area contributed by atoms with Crippen molar-refractivity contribution in [1.29, 1.82) is 0 Å². The van der Waals surface area contributed by atoms with Crippen LogP contribution in [0.4, 0.5) is 0 Å². The van der Waals surface area contributed by atoms with Gasteiger partial charge in [0.2, 0.25) is 11.8 Å². The Morgan fingerprint density at radius 2 is 1.71 bits per heavy atom. The Kier molecular flexibility index (Phi) is 13.4. The van der Waals surface area contributed by atoms with Crippen LogP contribution < -0.4 is 4.74 Å². The zero-order chi connectivity index (χ0) is 28.0. The molecule has 0 spiro atoms. The molecule has 0 fully saturated rings. The molecule has 0 aliphatic carbocycles. The van der Waals surface area contributed by atoms with Crippen molar-refractivity contribution >= 4 is 11.8 Å². The van der Waals surface area contributed by atoms with Gasteiger partial charge in [-0.05, 0) is 63.4 Å². The Labute approximate surface area is 230 Å². The maximum absolute atomic E-state index is 13.7. The maximum atomic E-state index is 13.7. The minimum Gasteiger partial charge on any atom is -0.497 e. The van der Waals surface area contributed by atoms with Gasteiger partial charge in [-0.2, -0.15) is 0 Å². The molecular formula is C31H49N3O4. The van der Waals surface area contributed by atoms with Crippen molar-refractivity contribution < 1.29 is 19.1 Å². The molecule has 2 rings (SSSR count). The van der Waals surface area contributed by atoms with Crippen LogP contribution in [0.2, 0.25) is 0 Å². The van der Waals surface area contributed by atoms with E-state index in [4.69, 9.17) is 9.47 Å². The lowest BCUT2D eigenvalue weighted by molar-refractivity contribution is -0.144. The summed E-state index contributed by atoms with van der Waals surface area (Å²) in [5.74, 6) is 0.843. The van der Waals surface area contributed by atoms with Gasteiger partial charge in [0.15, 0.2) is 0 Å². The Balaban J connectivity index is 2.13. The second-order valence-electron chi connectivity index (χ2n) is 11.0. The van der Waals surface area contributed by atoms with E-state index in [0.717, 1.165) is 36.3 Å². The molecule has 0 N–H and O–H groups in total. The summed E-state index contributed by atoms with van der Waals surface area (Å²) in [4.78, 5) is 30.4. The van der Waals surface area contributed by atoms with E-state index < -0.39 is 5.54 Å². The molecule has 2 amide bonds. The number of methoxy groups -OCH3 is 2. The predicted molar refractivity (Wildman–Crippen MR) is 153 cm³/mol. The van der Waals surface area contributed by atoms with Crippen LogP contribution in [-0.2, 0) is 27.4 Å². The fourth-order valence-electron chi connectivity index (χ4n) is 4.55. The van der Waals surface area contributed by atoms with Crippen LogP contribution in [0.1, 0.15) is 83.9 Å². The van der Waals surface area contributed by atoms with Crippen LogP contribution in [-0.4, -0.2) is 65.6 Å². The molecular weight excluding hydrogens is 478 g/mol. The van der Waals surface area contributed by atoms with Crippen molar-refractivity contribution in [3.63, 3.8) is 0 Å². The third-order valence-electron chi connectivity index (χ3n) is 6.79. The molecule has 212 valence electrons. The summed E-state index contributed by atoms with van der Waals surface area (Å²) < 4.78 is 12.7. The number of aromatic nitrogens is 1. The molecule has 0 aliphatic heterocycles. The molecule has 1 aromatic carbocycles. The summed E-state index contributed by atoms with van der Waals surface area (Å²) in [6, 6.07) is 12.1. The molecule has 7 nitrogen and oxygen atoms in total. The first kappa shape index (κ1) is 31.4. The number of amides is 2. The SMILES string of the molecule is CCCCCCCC(=O)N(CCCOC)CC(=O)N(Cc1cccn1Cc1cccc(OC)c1)C(C)(C)C. The molecule has 0 atom stereocenters. The monoisotopic (exact) mass is 527 g/mol. The van der Waals surface area contributed by atoms with Crippen LogP contribution in [0.15, 0.2) is 42.6 Å². The molecule has 0 saturated carbocycles. The van der Waals surface area contributed by atoms with E-state index in [2.05, 4.69) is 23.6 Å². The average molecular weight is 528 g/mol. The van der Waals surface area contributed by atoms with Crippen molar-refractivity contribution in [2.24, 2.45) is 0 Å². The van der Waals surface area contributed by atoms with E-state index >= 15 is 0 Å². The topological polar surface area (TPSA) is 64.0 Å². The van der Waals surface area contributed by atoms with Crippen molar-refractivity contribution in [3.8, 4) is 5.75 Å². The van der Waals surface area contributed by atoms with Crippen molar-refractivity contribution in [2.45, 2.75) is 91.3 Å². The number of nitrogens with zero attached hydrogens (tertiary/aromatic N) is 3. The number of hydrogen-bond donors (Lipinski definition) is 0. The fraction of sp³-hybridized carbons (Fsp3) is 0.613. The highest BCUT2D eigenvalue weighted by molar-refractivity contribution is 5.85. The van der Waals surface area contributed by atoms with Gasteiger partial charge in [-0.1, -0.05) is 44.7 Å². The van der Waals surface area contributed by atoms with Crippen LogP contribution in [0, 0.1) is 0 Å². The van der Waals surface area contributed by atoms with E-state index in [1.165, 1.54) is 12.8 Å². The summed E-state index contributed by atoms with van der Waals surface area (Å²) in [7, 11) is 3.33. The molecule has 1 aromatic heterocycles. The summed E-state index contributed by atoms with van der Waals surface area (Å²) in [5.41, 5.74) is 1.78. The Morgan fingerprint density at radius 1 is 0.947 bits per heavy atom. The standard InChI is InChI=1S/C31H49N3O4/c1-7-8-9-10-11-18-29(35)33(20-14-21-37-5)25-30(36)34(31(2,3)4)24-27-16-13-19-32(27)23-26-15-12-17-28(22-26)38-6/h12-13,15-17,19,22H,7-11,14,18,20-21,23-25H2,1-6H3. The van der Waals surface area contributed by atoms with Crippen molar-refractivity contribution in [2.75, 3.05) is 33.9 Å². The smallest absolute Gasteiger partial charge is 0.242 e. The van der Waals surface area contributed by atoms with E-state index in [1.807, 2.05) is 56.1 Å². The van der Waals surface area contributed by atoms with Gasteiger partial charge in [-0.25, -0.2) is 0 Å². The molecule has 7 heteroatoms. The predicted octanol–water partition coefficient (Wildman–Crippen LogP) is 5.90. The average Bonchev–Trinajstić information content (AvgIpc) is 3.32. The summed E-state index contributed by atoms with van der Waals surface area (Å²) in [6.45, 7) is 10.7. The maximum Gasteiger partial charge on any atom is 0.242 e. The third kappa shape index (κ3) is 10.5. The molecule has 0 saturated heterocycles. The van der Waals surface area contributed by atoms with E-state index in [0.29, 0.717) is 39.1 Å². The van der Waals surface area contributed by atoms with Crippen LogP contribution in [0.5, 0.6) is 5.75 Å². The van der Waals surface area contributed by atoms with Gasteiger partial charge >= 0.3 is 0 Å². The summed E-state index contributed by atoms with van der Waals surface area (Å²) >= 11 is 0. The number of carbonyl (C=O) groups is 2. The largest absolute Gasteiger partial charge is 0.497 e. The second kappa shape index (κ2) is 16.2. The van der Waals surface area contributed by atoms with Gasteiger partial charge in [0, 0.05) is 50.7 Å². The number of carbonyl (C=O) groups excluding carboxylic acids is 2. The van der Waals surface area contributed by atoms with Gasteiger partial charge < -0.3 is 23.8 Å². The first-order valence-electron chi connectivity index (χ1n) is 14.0. The highest BCUT2D eigenvalue weighted by Gasteiger charge is 2.29. The lowest BCUT2D eigenvalue weighted by atomic mass is 10.0. The van der Waals surface area contributed by atoms with Gasteiger partial charge in [-0.3, -0.25) is 9.59 Å². The summed E-state index contributed by atoms with van der Waals surface area (Å²) in [6.07, 6.45) is 8.69. The Morgan fingerprint density at radius 3 is 2.39 bits per heavy atom. The number of ether oxygens (including phenoxy) is 2. The lowest BCUT2D eigenvalue weighted by Crippen LogP contribution is -2.50. The number of benzene rings is 1.